The van der Waals surface area contributed by atoms with Crippen LogP contribution in [-0.2, 0) is 10.0 Å². The van der Waals surface area contributed by atoms with Crippen molar-refractivity contribution >= 4 is 15.8 Å². The Morgan fingerprint density at radius 1 is 1.38 bits per heavy atom. The fraction of sp³-hybridized carbons (Fsp3) is 0.583. The average Bonchev–Trinajstić information content (AvgIpc) is 2.33. The molecule has 0 aliphatic heterocycles. The monoisotopic (exact) mass is 325 g/mol. The molecule has 1 rings (SSSR count). The van der Waals surface area contributed by atoms with Gasteiger partial charge < -0.3 is 5.32 Å². The first kappa shape index (κ1) is 17.7. The fourth-order valence-corrected chi connectivity index (χ4v) is 3.08. The van der Waals surface area contributed by atoms with Crippen molar-refractivity contribution in [2.75, 3.05) is 11.9 Å². The third-order valence-corrected chi connectivity index (χ3v) is 4.12. The Morgan fingerprint density at radius 3 is 2.62 bits per heavy atom. The smallest absolute Gasteiger partial charge is 0.369 e. The van der Waals surface area contributed by atoms with E-state index in [1.807, 2.05) is 11.6 Å². The highest BCUT2D eigenvalue weighted by Gasteiger charge is 2.32. The Bertz CT molecular complexity index is 561. The molecular formula is C12H18F3N3O2S. The zero-order chi connectivity index (χ0) is 16.1. The molecule has 2 N–H and O–H groups in total. The number of alkyl halides is 3. The van der Waals surface area contributed by atoms with Crippen molar-refractivity contribution in [3.63, 3.8) is 0 Å². The first-order chi connectivity index (χ1) is 9.65. The molecule has 1 atom stereocenters. The third kappa shape index (κ3) is 5.88. The second-order valence-electron chi connectivity index (χ2n) is 4.62. The molecule has 0 aliphatic carbocycles. The van der Waals surface area contributed by atoms with Gasteiger partial charge in [-0.15, -0.1) is 0 Å². The molecule has 0 amide bonds. The Hall–Kier alpha value is -1.35. The lowest BCUT2D eigenvalue weighted by Gasteiger charge is -2.17. The molecule has 1 aromatic rings. The van der Waals surface area contributed by atoms with Crippen LogP contribution < -0.4 is 10.0 Å². The first-order valence-corrected chi connectivity index (χ1v) is 7.92. The summed E-state index contributed by atoms with van der Waals surface area (Å²) < 4.78 is 63.1. The molecule has 0 aliphatic rings. The van der Waals surface area contributed by atoms with E-state index >= 15 is 0 Å². The normalized spacial score (nSPS) is 14.0. The second kappa shape index (κ2) is 7.08. The van der Waals surface area contributed by atoms with Gasteiger partial charge in [-0.1, -0.05) is 6.92 Å². The van der Waals surface area contributed by atoms with E-state index < -0.39 is 28.7 Å². The van der Waals surface area contributed by atoms with E-state index in [1.165, 1.54) is 25.3 Å². The summed E-state index contributed by atoms with van der Waals surface area (Å²) in [4.78, 5) is 3.75. The molecular weight excluding hydrogens is 307 g/mol. The molecule has 0 fully saturated rings. The summed E-state index contributed by atoms with van der Waals surface area (Å²) in [6.07, 6.45) is -3.49. The van der Waals surface area contributed by atoms with Crippen LogP contribution in [0.1, 0.15) is 26.7 Å². The quantitative estimate of drug-likeness (QED) is 0.808. The molecule has 0 saturated carbocycles. The van der Waals surface area contributed by atoms with Gasteiger partial charge >= 0.3 is 6.18 Å². The molecule has 21 heavy (non-hydrogen) atoms. The van der Waals surface area contributed by atoms with Crippen LogP contribution in [-0.4, -0.2) is 32.2 Å². The van der Waals surface area contributed by atoms with Crippen LogP contribution in [0.2, 0.25) is 0 Å². The van der Waals surface area contributed by atoms with Crippen molar-refractivity contribution in [3.8, 4) is 0 Å². The largest absolute Gasteiger partial charge is 0.390 e. The van der Waals surface area contributed by atoms with Gasteiger partial charge in [-0.05, 0) is 25.5 Å². The number of nitrogens with zero attached hydrogens (tertiary/aromatic N) is 1. The van der Waals surface area contributed by atoms with Gasteiger partial charge in [0.05, 0.1) is 6.42 Å². The average molecular weight is 325 g/mol. The van der Waals surface area contributed by atoms with Crippen molar-refractivity contribution in [1.29, 1.82) is 0 Å². The van der Waals surface area contributed by atoms with Gasteiger partial charge in [-0.2, -0.15) is 13.2 Å². The molecule has 1 unspecified atom stereocenters. The Balaban J connectivity index is 2.92. The van der Waals surface area contributed by atoms with E-state index in [1.54, 1.807) is 0 Å². The Kier molecular flexibility index (Phi) is 5.97. The minimum Gasteiger partial charge on any atom is -0.369 e. The van der Waals surface area contributed by atoms with Crippen molar-refractivity contribution in [1.82, 2.24) is 9.71 Å². The van der Waals surface area contributed by atoms with E-state index in [9.17, 15) is 21.6 Å². The summed E-state index contributed by atoms with van der Waals surface area (Å²) in [6.45, 7) is 3.58. The summed E-state index contributed by atoms with van der Waals surface area (Å²) in [6, 6.07) is 1.46. The van der Waals surface area contributed by atoms with Gasteiger partial charge in [0.2, 0.25) is 10.0 Å². The Labute approximate surface area is 122 Å². The summed E-state index contributed by atoms with van der Waals surface area (Å²) in [5.41, 5.74) is 0. The molecule has 0 saturated heterocycles. The molecule has 0 bridgehead atoms. The number of halogens is 3. The number of nitrogens with one attached hydrogen (secondary N) is 2. The van der Waals surface area contributed by atoms with Gasteiger partial charge in [0, 0.05) is 18.8 Å². The Morgan fingerprint density at radius 2 is 2.05 bits per heavy atom. The van der Waals surface area contributed by atoms with Crippen LogP contribution in [0.3, 0.4) is 0 Å². The van der Waals surface area contributed by atoms with Crippen molar-refractivity contribution in [2.45, 2.75) is 43.8 Å². The second-order valence-corrected chi connectivity index (χ2v) is 6.30. The first-order valence-electron chi connectivity index (χ1n) is 6.43. The highest BCUT2D eigenvalue weighted by molar-refractivity contribution is 7.89. The van der Waals surface area contributed by atoms with E-state index in [-0.39, 0.29) is 10.7 Å². The molecule has 120 valence electrons. The maximum atomic E-state index is 12.3. The SMILES string of the molecule is CCCNc1ncccc1S(=O)(=O)NC(C)CC(F)(F)F. The molecule has 0 radical (unpaired) electrons. The minimum atomic E-state index is -4.43. The number of hydrogen-bond donors (Lipinski definition) is 2. The van der Waals surface area contributed by atoms with Crippen molar-refractivity contribution in [2.24, 2.45) is 0 Å². The number of hydrogen-bond acceptors (Lipinski definition) is 4. The van der Waals surface area contributed by atoms with Gasteiger partial charge in [-0.25, -0.2) is 18.1 Å². The highest BCUT2D eigenvalue weighted by Crippen LogP contribution is 2.23. The van der Waals surface area contributed by atoms with E-state index in [0.29, 0.717) is 6.54 Å². The van der Waals surface area contributed by atoms with Crippen LogP contribution in [0.25, 0.3) is 0 Å². The summed E-state index contributed by atoms with van der Waals surface area (Å²) >= 11 is 0. The lowest BCUT2D eigenvalue weighted by Crippen LogP contribution is -2.36. The number of aromatic nitrogens is 1. The zero-order valence-corrected chi connectivity index (χ0v) is 12.6. The lowest BCUT2D eigenvalue weighted by atomic mass is 10.2. The van der Waals surface area contributed by atoms with Crippen molar-refractivity contribution in [3.05, 3.63) is 18.3 Å². The van der Waals surface area contributed by atoms with Gasteiger partial charge in [0.15, 0.2) is 0 Å². The number of anilines is 1. The van der Waals surface area contributed by atoms with Gasteiger partial charge in [0.25, 0.3) is 0 Å². The maximum Gasteiger partial charge on any atom is 0.390 e. The van der Waals surface area contributed by atoms with E-state index in [2.05, 4.69) is 10.3 Å². The van der Waals surface area contributed by atoms with Crippen LogP contribution in [0.5, 0.6) is 0 Å². The number of pyridine rings is 1. The van der Waals surface area contributed by atoms with Crippen LogP contribution in [0.4, 0.5) is 19.0 Å². The molecule has 1 aromatic heterocycles. The molecule has 5 nitrogen and oxygen atoms in total. The van der Waals surface area contributed by atoms with Gasteiger partial charge in [-0.3, -0.25) is 0 Å². The maximum absolute atomic E-state index is 12.3. The fourth-order valence-electron chi connectivity index (χ4n) is 1.70. The van der Waals surface area contributed by atoms with Gasteiger partial charge in [0.1, 0.15) is 10.7 Å². The van der Waals surface area contributed by atoms with Crippen LogP contribution >= 0.6 is 0 Å². The number of sulfonamides is 1. The third-order valence-electron chi connectivity index (χ3n) is 2.50. The minimum absolute atomic E-state index is 0.131. The molecule has 0 aromatic carbocycles. The van der Waals surface area contributed by atoms with Crippen molar-refractivity contribution < 1.29 is 21.6 Å². The summed E-state index contributed by atoms with van der Waals surface area (Å²) in [7, 11) is -4.07. The summed E-state index contributed by atoms with van der Waals surface area (Å²) in [5.74, 6) is 0.131. The van der Waals surface area contributed by atoms with Crippen LogP contribution in [0.15, 0.2) is 23.2 Å². The number of rotatable bonds is 7. The standard InChI is InChI=1S/C12H18F3N3O2S/c1-3-6-16-11-10(5-4-7-17-11)21(19,20)18-9(2)8-12(13,14)15/h4-5,7,9,18H,3,6,8H2,1-2H3,(H,16,17). The predicted octanol–water partition coefficient (Wildman–Crippen LogP) is 2.52. The van der Waals surface area contributed by atoms with E-state index in [0.717, 1.165) is 6.42 Å². The highest BCUT2D eigenvalue weighted by atomic mass is 32.2. The van der Waals surface area contributed by atoms with E-state index in [4.69, 9.17) is 0 Å². The predicted molar refractivity (Wildman–Crippen MR) is 73.5 cm³/mol. The topological polar surface area (TPSA) is 71.1 Å². The molecule has 1 heterocycles. The molecule has 0 spiro atoms. The molecule has 9 heteroatoms. The summed E-state index contributed by atoms with van der Waals surface area (Å²) in [5, 5.41) is 2.84. The van der Waals surface area contributed by atoms with Crippen LogP contribution in [0, 0.1) is 0 Å². The zero-order valence-electron chi connectivity index (χ0n) is 11.7. The lowest BCUT2D eigenvalue weighted by molar-refractivity contribution is -0.137.